The largest absolute Gasteiger partial charge is 0.0654 e. The quantitative estimate of drug-likeness (QED) is 0.0644. The van der Waals surface area contributed by atoms with Crippen LogP contribution in [0.25, 0.3) is 0 Å². The normalized spacial score (nSPS) is 14.7. The van der Waals surface area contributed by atoms with Gasteiger partial charge in [-0.2, -0.15) is 0 Å². The highest BCUT2D eigenvalue weighted by Crippen LogP contribution is 2.24. The van der Waals surface area contributed by atoms with Gasteiger partial charge < -0.3 is 0 Å². The zero-order valence-corrected chi connectivity index (χ0v) is 30.9. The first kappa shape index (κ1) is 42.0. The molecule has 0 fully saturated rings. The van der Waals surface area contributed by atoms with Crippen molar-refractivity contribution in [3.8, 4) is 0 Å². The summed E-state index contributed by atoms with van der Waals surface area (Å²) < 4.78 is 0. The molecule has 4 unspecified atom stereocenters. The Morgan fingerprint density at radius 3 is 0.595 bits per heavy atom. The second-order valence-electron chi connectivity index (χ2n) is 15.5. The summed E-state index contributed by atoms with van der Waals surface area (Å²) in [5, 5.41) is 0. The Bertz CT molecular complexity index is 480. The molecule has 4 atom stereocenters. The third kappa shape index (κ3) is 32.9. The van der Waals surface area contributed by atoms with E-state index in [1.807, 2.05) is 0 Å². The van der Waals surface area contributed by atoms with Crippen molar-refractivity contribution in [2.24, 2.45) is 23.7 Å². The molecular formula is C42H86. The molecule has 0 aliphatic rings. The van der Waals surface area contributed by atoms with E-state index in [1.54, 1.807) is 0 Å². The molecule has 0 aliphatic heterocycles. The number of hydrogen-bond acceptors (Lipinski definition) is 0. The van der Waals surface area contributed by atoms with Crippen LogP contribution in [0.3, 0.4) is 0 Å². The Morgan fingerprint density at radius 2 is 0.381 bits per heavy atom. The molecule has 0 saturated heterocycles. The van der Waals surface area contributed by atoms with Gasteiger partial charge in [0.25, 0.3) is 0 Å². The topological polar surface area (TPSA) is 0 Å². The molecule has 0 radical (unpaired) electrons. The fourth-order valence-corrected chi connectivity index (χ4v) is 7.16. The second kappa shape index (κ2) is 33.9. The molecule has 0 bridgehead atoms. The van der Waals surface area contributed by atoms with Crippen LogP contribution in [0.1, 0.15) is 247 Å². The minimum Gasteiger partial charge on any atom is -0.0654 e. The average molecular weight is 591 g/mol. The van der Waals surface area contributed by atoms with E-state index in [1.165, 1.54) is 205 Å². The summed E-state index contributed by atoms with van der Waals surface area (Å²) in [6, 6.07) is 0. The van der Waals surface area contributed by atoms with Gasteiger partial charge >= 0.3 is 0 Å². The number of unbranched alkanes of at least 4 members (excludes halogenated alkanes) is 19. The van der Waals surface area contributed by atoms with Crippen LogP contribution in [0.5, 0.6) is 0 Å². The third-order valence-electron chi connectivity index (χ3n) is 10.5. The summed E-state index contributed by atoms with van der Waals surface area (Å²) in [6.45, 7) is 14.7. The molecule has 0 aromatic heterocycles. The van der Waals surface area contributed by atoms with Crippen molar-refractivity contribution in [1.82, 2.24) is 0 Å². The van der Waals surface area contributed by atoms with Crippen LogP contribution in [0.2, 0.25) is 0 Å². The van der Waals surface area contributed by atoms with Gasteiger partial charge in [0.1, 0.15) is 0 Å². The smallest absolute Gasteiger partial charge is 0.0443 e. The lowest BCUT2D eigenvalue weighted by Gasteiger charge is -2.17. The van der Waals surface area contributed by atoms with Gasteiger partial charge in [0.15, 0.2) is 0 Å². The summed E-state index contributed by atoms with van der Waals surface area (Å²) in [4.78, 5) is 0. The number of rotatable bonds is 35. The fraction of sp³-hybridized carbons (Fsp3) is 1.00. The van der Waals surface area contributed by atoms with Crippen molar-refractivity contribution in [3.63, 3.8) is 0 Å². The summed E-state index contributed by atoms with van der Waals surface area (Å²) in [6.07, 6.45) is 46.9. The molecule has 0 N–H and O–H groups in total. The van der Waals surface area contributed by atoms with Gasteiger partial charge in [-0.15, -0.1) is 0 Å². The highest BCUT2D eigenvalue weighted by atomic mass is 14.2. The highest BCUT2D eigenvalue weighted by Gasteiger charge is 2.09. The maximum atomic E-state index is 2.52. The van der Waals surface area contributed by atoms with Crippen molar-refractivity contribution in [1.29, 1.82) is 0 Å². The van der Waals surface area contributed by atoms with Crippen molar-refractivity contribution in [2.45, 2.75) is 247 Å². The van der Waals surface area contributed by atoms with Gasteiger partial charge in [-0.3, -0.25) is 0 Å². The van der Waals surface area contributed by atoms with Crippen LogP contribution >= 0.6 is 0 Å². The van der Waals surface area contributed by atoms with E-state index < -0.39 is 0 Å². The van der Waals surface area contributed by atoms with E-state index in [0.29, 0.717) is 0 Å². The van der Waals surface area contributed by atoms with Crippen LogP contribution in [0, 0.1) is 23.7 Å². The summed E-state index contributed by atoms with van der Waals surface area (Å²) >= 11 is 0. The first-order valence-electron chi connectivity index (χ1n) is 20.5. The zero-order valence-electron chi connectivity index (χ0n) is 30.9. The third-order valence-corrected chi connectivity index (χ3v) is 10.5. The maximum absolute atomic E-state index is 2.52. The van der Waals surface area contributed by atoms with Crippen molar-refractivity contribution in [3.05, 3.63) is 0 Å². The van der Waals surface area contributed by atoms with E-state index in [-0.39, 0.29) is 0 Å². The monoisotopic (exact) mass is 591 g/mol. The van der Waals surface area contributed by atoms with Gasteiger partial charge in [0.05, 0.1) is 0 Å². The van der Waals surface area contributed by atoms with Gasteiger partial charge in [-0.1, -0.05) is 247 Å². The van der Waals surface area contributed by atoms with Gasteiger partial charge in [-0.25, -0.2) is 0 Å². The minimum absolute atomic E-state index is 0.937. The highest BCUT2D eigenvalue weighted by molar-refractivity contribution is 4.62. The Balaban J connectivity index is 3.45. The summed E-state index contributed by atoms with van der Waals surface area (Å²) in [7, 11) is 0. The van der Waals surface area contributed by atoms with Crippen LogP contribution in [-0.2, 0) is 0 Å². The van der Waals surface area contributed by atoms with Crippen LogP contribution in [0.15, 0.2) is 0 Å². The van der Waals surface area contributed by atoms with Crippen molar-refractivity contribution >= 4 is 0 Å². The van der Waals surface area contributed by atoms with Crippen molar-refractivity contribution < 1.29 is 0 Å². The lowest BCUT2D eigenvalue weighted by Crippen LogP contribution is -2.02. The standard InChI is InChI=1S/C42H86/c1-7-9-11-13-15-16-17-18-19-20-21-23-25-27-32-40(4)34-29-36-42(6)38-30-37-41(5)35-28-33-39(3)31-26-24-22-14-12-10-8-2/h39-42H,7-38H2,1-6H3. The van der Waals surface area contributed by atoms with Crippen LogP contribution < -0.4 is 0 Å². The predicted octanol–water partition coefficient (Wildman–Crippen LogP) is 16.1. The molecule has 0 nitrogen and oxygen atoms in total. The van der Waals surface area contributed by atoms with Crippen molar-refractivity contribution in [2.75, 3.05) is 0 Å². The molecule has 0 heteroatoms. The van der Waals surface area contributed by atoms with E-state index in [4.69, 9.17) is 0 Å². The molecule has 0 saturated carbocycles. The molecule has 0 heterocycles. The lowest BCUT2D eigenvalue weighted by molar-refractivity contribution is 0.364. The SMILES string of the molecule is CCCCCCCCCCCCCCCCC(C)CCCC(C)CCCC(C)CCCC(C)CCCCCCCCC. The molecule has 0 aromatic carbocycles. The van der Waals surface area contributed by atoms with Gasteiger partial charge in [0.2, 0.25) is 0 Å². The van der Waals surface area contributed by atoms with E-state index in [2.05, 4.69) is 41.5 Å². The molecular weight excluding hydrogens is 504 g/mol. The van der Waals surface area contributed by atoms with E-state index in [0.717, 1.165) is 23.7 Å². The first-order chi connectivity index (χ1) is 20.5. The average Bonchev–Trinajstić information content (AvgIpc) is 2.97. The minimum atomic E-state index is 0.937. The first-order valence-corrected chi connectivity index (χ1v) is 20.5. The second-order valence-corrected chi connectivity index (χ2v) is 15.5. The summed E-state index contributed by atoms with van der Waals surface area (Å²) in [5.41, 5.74) is 0. The molecule has 0 aliphatic carbocycles. The Morgan fingerprint density at radius 1 is 0.214 bits per heavy atom. The lowest BCUT2D eigenvalue weighted by atomic mass is 9.89. The van der Waals surface area contributed by atoms with Gasteiger partial charge in [0, 0.05) is 0 Å². The maximum Gasteiger partial charge on any atom is -0.0443 e. The van der Waals surface area contributed by atoms with Crippen LogP contribution in [-0.4, -0.2) is 0 Å². The zero-order chi connectivity index (χ0) is 30.9. The Kier molecular flexibility index (Phi) is 33.9. The molecule has 0 rings (SSSR count). The Hall–Kier alpha value is 0. The molecule has 0 aromatic rings. The number of hydrogen-bond donors (Lipinski definition) is 0. The predicted molar refractivity (Wildman–Crippen MR) is 196 cm³/mol. The van der Waals surface area contributed by atoms with Crippen LogP contribution in [0.4, 0.5) is 0 Å². The fourth-order valence-electron chi connectivity index (χ4n) is 7.16. The molecule has 0 amide bonds. The molecule has 254 valence electrons. The molecule has 42 heavy (non-hydrogen) atoms. The Labute approximate surface area is 270 Å². The molecule has 0 spiro atoms. The van der Waals surface area contributed by atoms with Gasteiger partial charge in [-0.05, 0) is 23.7 Å². The summed E-state index contributed by atoms with van der Waals surface area (Å²) in [5.74, 6) is 3.77. The van der Waals surface area contributed by atoms with E-state index >= 15 is 0 Å². The van der Waals surface area contributed by atoms with E-state index in [9.17, 15) is 0 Å².